The van der Waals surface area contributed by atoms with Crippen molar-refractivity contribution in [1.29, 1.82) is 0 Å². The Bertz CT molecular complexity index is 470. The topological polar surface area (TPSA) is 23.6 Å². The van der Waals surface area contributed by atoms with E-state index in [1.165, 1.54) is 19.3 Å². The molecule has 0 atom stereocenters. The second kappa shape index (κ2) is 7.83. The molecule has 0 aromatic heterocycles. The first-order valence-electron chi connectivity index (χ1n) is 7.78. The monoisotopic (exact) mass is 352 g/mol. The fourth-order valence-electron chi connectivity index (χ4n) is 3.02. The summed E-state index contributed by atoms with van der Waals surface area (Å²) in [6, 6.07) is 8.33. The highest BCUT2D eigenvalue weighted by Crippen LogP contribution is 2.25. The summed E-state index contributed by atoms with van der Waals surface area (Å²) in [4.78, 5) is 17.0. The lowest BCUT2D eigenvalue weighted by atomic mass is 9.93. The van der Waals surface area contributed by atoms with Crippen LogP contribution >= 0.6 is 15.9 Å². The quantitative estimate of drug-likeness (QED) is 0.749. The number of hydrogen-bond acceptors (Lipinski definition) is 2. The van der Waals surface area contributed by atoms with Crippen molar-refractivity contribution in [1.82, 2.24) is 4.90 Å². The normalized spacial score (nSPS) is 15.8. The molecule has 0 spiro atoms. The average Bonchev–Trinajstić information content (AvgIpc) is 2.53. The Morgan fingerprint density at radius 3 is 2.57 bits per heavy atom. The molecule has 4 heteroatoms. The van der Waals surface area contributed by atoms with Crippen molar-refractivity contribution >= 4 is 27.5 Å². The molecule has 0 aliphatic heterocycles. The SMILES string of the molecule is CN(C)c1cccc(C(=O)N(CCBr)C2CCCCC2)c1. The standard InChI is InChI=1S/C17H25BrN2O/c1-19(2)16-10-6-7-14(13-16)17(21)20(12-11-18)15-8-4-3-5-9-15/h6-7,10,13,15H,3-5,8-9,11-12H2,1-2H3. The lowest BCUT2D eigenvalue weighted by molar-refractivity contribution is 0.0651. The number of carbonyl (C=O) groups excluding carboxylic acids is 1. The zero-order valence-electron chi connectivity index (χ0n) is 13.0. The molecule has 3 nitrogen and oxygen atoms in total. The predicted molar refractivity (Wildman–Crippen MR) is 92.5 cm³/mol. The first-order valence-corrected chi connectivity index (χ1v) is 8.90. The van der Waals surface area contributed by atoms with Crippen LogP contribution in [0.25, 0.3) is 0 Å². The lowest BCUT2D eigenvalue weighted by Gasteiger charge is -2.34. The summed E-state index contributed by atoms with van der Waals surface area (Å²) in [6.07, 6.45) is 6.09. The van der Waals surface area contributed by atoms with Gasteiger partial charge in [-0.2, -0.15) is 0 Å². The van der Waals surface area contributed by atoms with Crippen LogP contribution in [0.15, 0.2) is 24.3 Å². The number of hydrogen-bond donors (Lipinski definition) is 0. The zero-order chi connectivity index (χ0) is 15.2. The van der Waals surface area contributed by atoms with E-state index in [0.717, 1.165) is 36.0 Å². The maximum absolute atomic E-state index is 12.9. The minimum atomic E-state index is 0.171. The van der Waals surface area contributed by atoms with E-state index in [2.05, 4.69) is 20.8 Å². The molecular weight excluding hydrogens is 328 g/mol. The molecule has 0 heterocycles. The third-order valence-electron chi connectivity index (χ3n) is 4.21. The van der Waals surface area contributed by atoms with Gasteiger partial charge in [0.25, 0.3) is 5.91 Å². The fourth-order valence-corrected chi connectivity index (χ4v) is 3.40. The Morgan fingerprint density at radius 2 is 1.95 bits per heavy atom. The summed E-state index contributed by atoms with van der Waals surface area (Å²) in [6.45, 7) is 0.787. The highest BCUT2D eigenvalue weighted by Gasteiger charge is 2.25. The largest absolute Gasteiger partial charge is 0.378 e. The van der Waals surface area contributed by atoms with E-state index in [4.69, 9.17) is 0 Å². The van der Waals surface area contributed by atoms with Gasteiger partial charge in [0.1, 0.15) is 0 Å². The van der Waals surface area contributed by atoms with Crippen LogP contribution in [0.4, 0.5) is 5.69 Å². The fraction of sp³-hybridized carbons (Fsp3) is 0.588. The second-order valence-electron chi connectivity index (χ2n) is 5.92. The summed E-state index contributed by atoms with van der Waals surface area (Å²) in [5.41, 5.74) is 1.87. The van der Waals surface area contributed by atoms with Gasteiger partial charge in [0.05, 0.1) is 0 Å². The highest BCUT2D eigenvalue weighted by molar-refractivity contribution is 9.09. The van der Waals surface area contributed by atoms with E-state index >= 15 is 0 Å². The molecule has 1 aliphatic carbocycles. The lowest BCUT2D eigenvalue weighted by Crippen LogP contribution is -2.42. The van der Waals surface area contributed by atoms with Crippen molar-refractivity contribution in [2.75, 3.05) is 30.9 Å². The van der Waals surface area contributed by atoms with Gasteiger partial charge in [-0.1, -0.05) is 41.3 Å². The number of amides is 1. The minimum absolute atomic E-state index is 0.171. The molecule has 1 aromatic carbocycles. The molecule has 1 aliphatic rings. The molecule has 1 saturated carbocycles. The molecule has 0 radical (unpaired) electrons. The zero-order valence-corrected chi connectivity index (χ0v) is 14.6. The number of benzene rings is 1. The third kappa shape index (κ3) is 4.22. The van der Waals surface area contributed by atoms with E-state index in [1.54, 1.807) is 0 Å². The van der Waals surface area contributed by atoms with Crippen LogP contribution in [0.5, 0.6) is 0 Å². The van der Waals surface area contributed by atoms with Gasteiger partial charge in [0.15, 0.2) is 0 Å². The van der Waals surface area contributed by atoms with Crippen LogP contribution < -0.4 is 4.90 Å². The Hall–Kier alpha value is -1.03. The molecule has 1 fully saturated rings. The Labute approximate surface area is 136 Å². The van der Waals surface area contributed by atoms with Crippen molar-refractivity contribution in [3.63, 3.8) is 0 Å². The van der Waals surface area contributed by atoms with Crippen molar-refractivity contribution in [3.8, 4) is 0 Å². The van der Waals surface area contributed by atoms with Gasteiger partial charge < -0.3 is 9.80 Å². The molecule has 21 heavy (non-hydrogen) atoms. The molecular formula is C17H25BrN2O. The minimum Gasteiger partial charge on any atom is -0.378 e. The van der Waals surface area contributed by atoms with Crippen LogP contribution in [0.2, 0.25) is 0 Å². The average molecular weight is 353 g/mol. The van der Waals surface area contributed by atoms with Gasteiger partial charge in [-0.3, -0.25) is 4.79 Å². The predicted octanol–water partition coefficient (Wildman–Crippen LogP) is 3.92. The number of nitrogens with zero attached hydrogens (tertiary/aromatic N) is 2. The van der Waals surface area contributed by atoms with Crippen LogP contribution in [-0.4, -0.2) is 42.8 Å². The Morgan fingerprint density at radius 1 is 1.24 bits per heavy atom. The van der Waals surface area contributed by atoms with E-state index in [0.29, 0.717) is 6.04 Å². The third-order valence-corrected chi connectivity index (χ3v) is 4.57. The van der Waals surface area contributed by atoms with Crippen LogP contribution in [0.3, 0.4) is 0 Å². The molecule has 116 valence electrons. The van der Waals surface area contributed by atoms with Gasteiger partial charge in [-0.25, -0.2) is 0 Å². The van der Waals surface area contributed by atoms with E-state index in [1.807, 2.05) is 43.3 Å². The summed E-state index contributed by atoms with van der Waals surface area (Å²) < 4.78 is 0. The van der Waals surface area contributed by atoms with Gasteiger partial charge in [-0.15, -0.1) is 0 Å². The molecule has 0 unspecified atom stereocenters. The van der Waals surface area contributed by atoms with Gasteiger partial charge >= 0.3 is 0 Å². The van der Waals surface area contributed by atoms with Gasteiger partial charge in [-0.05, 0) is 31.0 Å². The number of halogens is 1. The maximum atomic E-state index is 12.9. The summed E-state index contributed by atoms with van der Waals surface area (Å²) in [7, 11) is 4.00. The Kier molecular flexibility index (Phi) is 6.09. The second-order valence-corrected chi connectivity index (χ2v) is 6.72. The van der Waals surface area contributed by atoms with E-state index < -0.39 is 0 Å². The molecule has 0 saturated heterocycles. The van der Waals surface area contributed by atoms with Crippen molar-refractivity contribution in [2.24, 2.45) is 0 Å². The molecule has 0 bridgehead atoms. The highest BCUT2D eigenvalue weighted by atomic mass is 79.9. The van der Waals surface area contributed by atoms with Gasteiger partial charge in [0, 0.05) is 43.3 Å². The molecule has 1 amide bonds. The van der Waals surface area contributed by atoms with Crippen molar-refractivity contribution < 1.29 is 4.79 Å². The van der Waals surface area contributed by atoms with Crippen LogP contribution in [0, 0.1) is 0 Å². The molecule has 2 rings (SSSR count). The van der Waals surface area contributed by atoms with Crippen LogP contribution in [0.1, 0.15) is 42.5 Å². The first-order chi connectivity index (χ1) is 10.1. The Balaban J connectivity index is 2.19. The van der Waals surface area contributed by atoms with E-state index in [9.17, 15) is 4.79 Å². The molecule has 1 aromatic rings. The smallest absolute Gasteiger partial charge is 0.254 e. The maximum Gasteiger partial charge on any atom is 0.254 e. The first kappa shape index (κ1) is 16.3. The van der Waals surface area contributed by atoms with Crippen molar-refractivity contribution in [3.05, 3.63) is 29.8 Å². The summed E-state index contributed by atoms with van der Waals surface area (Å²) in [5, 5.41) is 0.836. The van der Waals surface area contributed by atoms with Crippen molar-refractivity contribution in [2.45, 2.75) is 38.1 Å². The number of rotatable bonds is 5. The summed E-state index contributed by atoms with van der Waals surface area (Å²) in [5.74, 6) is 0.171. The molecule has 0 N–H and O–H groups in total. The van der Waals surface area contributed by atoms with Gasteiger partial charge in [0.2, 0.25) is 0 Å². The van der Waals surface area contributed by atoms with Crippen LogP contribution in [-0.2, 0) is 0 Å². The number of anilines is 1. The van der Waals surface area contributed by atoms with E-state index in [-0.39, 0.29) is 5.91 Å². The summed E-state index contributed by atoms with van der Waals surface area (Å²) >= 11 is 3.49. The number of carbonyl (C=O) groups is 1. The number of alkyl halides is 1.